The molecule has 1 amide bonds. The molecule has 0 saturated heterocycles. The van der Waals surface area contributed by atoms with E-state index in [1.807, 2.05) is 52.0 Å². The first-order valence-electron chi connectivity index (χ1n) is 10.8. The summed E-state index contributed by atoms with van der Waals surface area (Å²) < 4.78 is 23.0. The Kier molecular flexibility index (Phi) is 7.46. The van der Waals surface area contributed by atoms with E-state index >= 15 is 0 Å². The topological polar surface area (TPSA) is 69.9 Å². The molecule has 3 rings (SSSR count). The first kappa shape index (κ1) is 23.3. The average Bonchev–Trinajstić information content (AvgIpc) is 3.23. The van der Waals surface area contributed by atoms with E-state index in [2.05, 4.69) is 5.32 Å². The number of hydrogen-bond donors (Lipinski definition) is 1. The van der Waals surface area contributed by atoms with E-state index in [0.29, 0.717) is 18.9 Å². The van der Waals surface area contributed by atoms with Gasteiger partial charge in [-0.1, -0.05) is 6.92 Å². The van der Waals surface area contributed by atoms with Gasteiger partial charge < -0.3 is 23.9 Å². The number of nitrogens with one attached hydrogen (secondary N) is 1. The van der Waals surface area contributed by atoms with Crippen molar-refractivity contribution in [2.75, 3.05) is 27.4 Å². The maximum absolute atomic E-state index is 12.3. The second kappa shape index (κ2) is 10.3. The van der Waals surface area contributed by atoms with Gasteiger partial charge >= 0.3 is 0 Å². The summed E-state index contributed by atoms with van der Waals surface area (Å²) >= 11 is 0. The number of amides is 1. The molecule has 0 radical (unpaired) electrons. The molecule has 1 N–H and O–H groups in total. The predicted octanol–water partition coefficient (Wildman–Crippen LogP) is 5.75. The van der Waals surface area contributed by atoms with Gasteiger partial charge in [0.1, 0.15) is 22.8 Å². The van der Waals surface area contributed by atoms with Crippen LogP contribution in [0.4, 0.5) is 0 Å². The molecular formula is C26H31NO5. The number of hydrogen-bond acceptors (Lipinski definition) is 5. The van der Waals surface area contributed by atoms with Crippen LogP contribution in [0.5, 0.6) is 17.2 Å². The van der Waals surface area contributed by atoms with Crippen molar-refractivity contribution in [3.8, 4) is 28.4 Å². The van der Waals surface area contributed by atoms with Gasteiger partial charge in [-0.15, -0.1) is 0 Å². The highest BCUT2D eigenvalue weighted by Crippen LogP contribution is 2.43. The van der Waals surface area contributed by atoms with Crippen LogP contribution in [0.2, 0.25) is 0 Å². The van der Waals surface area contributed by atoms with Crippen molar-refractivity contribution in [2.24, 2.45) is 0 Å². The molecule has 0 unspecified atom stereocenters. The van der Waals surface area contributed by atoms with Crippen LogP contribution >= 0.6 is 0 Å². The van der Waals surface area contributed by atoms with Crippen LogP contribution in [0.25, 0.3) is 27.7 Å². The highest BCUT2D eigenvalue weighted by molar-refractivity contribution is 6.02. The zero-order valence-electron chi connectivity index (χ0n) is 19.6. The van der Waals surface area contributed by atoms with Crippen LogP contribution < -0.4 is 19.5 Å². The van der Waals surface area contributed by atoms with Gasteiger partial charge in [0.05, 0.1) is 27.1 Å². The number of allylic oxidation sites excluding steroid dienone is 1. The molecule has 0 atom stereocenters. The molecule has 0 fully saturated rings. The number of rotatable bonds is 9. The summed E-state index contributed by atoms with van der Waals surface area (Å²) in [6, 6.07) is 7.67. The van der Waals surface area contributed by atoms with Gasteiger partial charge in [0.25, 0.3) is 0 Å². The molecule has 0 aliphatic heterocycles. The van der Waals surface area contributed by atoms with E-state index in [0.717, 1.165) is 56.7 Å². The Morgan fingerprint density at radius 3 is 2.56 bits per heavy atom. The Morgan fingerprint density at radius 2 is 1.91 bits per heavy atom. The second-order valence-electron chi connectivity index (χ2n) is 7.52. The maximum Gasteiger partial charge on any atom is 0.244 e. The lowest BCUT2D eigenvalue weighted by atomic mass is 9.96. The summed E-state index contributed by atoms with van der Waals surface area (Å²) in [6.07, 6.45) is 4.22. The molecule has 6 nitrogen and oxygen atoms in total. The van der Waals surface area contributed by atoms with Crippen molar-refractivity contribution >= 4 is 22.4 Å². The zero-order valence-corrected chi connectivity index (χ0v) is 19.6. The molecule has 0 saturated carbocycles. The van der Waals surface area contributed by atoms with Crippen LogP contribution in [0, 0.1) is 6.92 Å². The number of fused-ring (bicyclic) bond motifs is 1. The largest absolute Gasteiger partial charge is 0.497 e. The molecule has 0 bridgehead atoms. The Hall–Kier alpha value is -3.41. The van der Waals surface area contributed by atoms with Gasteiger partial charge in [0, 0.05) is 40.3 Å². The molecule has 0 spiro atoms. The number of aryl methyl sites for hydroxylation is 1. The fourth-order valence-corrected chi connectivity index (χ4v) is 3.75. The highest BCUT2D eigenvalue weighted by Gasteiger charge is 2.21. The smallest absolute Gasteiger partial charge is 0.244 e. The van der Waals surface area contributed by atoms with E-state index in [1.54, 1.807) is 26.6 Å². The molecule has 2 aromatic carbocycles. The minimum Gasteiger partial charge on any atom is -0.497 e. The monoisotopic (exact) mass is 437 g/mol. The molecule has 3 aromatic rings. The lowest BCUT2D eigenvalue weighted by Gasteiger charge is -2.15. The van der Waals surface area contributed by atoms with E-state index in [-0.39, 0.29) is 5.91 Å². The van der Waals surface area contributed by atoms with E-state index in [1.165, 1.54) is 0 Å². The fraction of sp³-hybridized carbons (Fsp3) is 0.346. The molecule has 1 aromatic heterocycles. The molecule has 170 valence electrons. The third kappa shape index (κ3) is 4.59. The minimum absolute atomic E-state index is 0.119. The predicted molar refractivity (Wildman–Crippen MR) is 128 cm³/mol. The number of carbonyl (C=O) groups excluding carboxylic acids is 1. The van der Waals surface area contributed by atoms with Crippen molar-refractivity contribution in [1.29, 1.82) is 0 Å². The normalized spacial score (nSPS) is 11.5. The van der Waals surface area contributed by atoms with E-state index < -0.39 is 0 Å². The summed E-state index contributed by atoms with van der Waals surface area (Å²) in [4.78, 5) is 12.3. The standard InChI is InChI=1S/C26H31NO5/c1-7-11-27-24(28)12-16(3)19-14-21-22(15-32-26(21)17(4)25(19)31-8-2)20-13-18(29-5)9-10-23(20)30-6/h9-10,12-15H,7-8,11H2,1-6H3,(H,27,28)/b16-12+. The molecular weight excluding hydrogens is 406 g/mol. The summed E-state index contributed by atoms with van der Waals surface area (Å²) in [5.74, 6) is 2.04. The first-order chi connectivity index (χ1) is 15.4. The Morgan fingerprint density at radius 1 is 1.12 bits per heavy atom. The Bertz CT molecular complexity index is 1140. The molecule has 1 heterocycles. The van der Waals surface area contributed by atoms with Crippen LogP contribution in [-0.4, -0.2) is 33.3 Å². The average molecular weight is 438 g/mol. The van der Waals surface area contributed by atoms with Crippen molar-refractivity contribution in [1.82, 2.24) is 5.32 Å². The first-order valence-corrected chi connectivity index (χ1v) is 10.8. The van der Waals surface area contributed by atoms with Crippen molar-refractivity contribution in [2.45, 2.75) is 34.1 Å². The van der Waals surface area contributed by atoms with Crippen molar-refractivity contribution in [3.05, 3.63) is 47.7 Å². The number of ether oxygens (including phenoxy) is 3. The number of furan rings is 1. The van der Waals surface area contributed by atoms with Gasteiger partial charge in [0.2, 0.25) is 5.91 Å². The lowest BCUT2D eigenvalue weighted by Crippen LogP contribution is -2.21. The van der Waals surface area contributed by atoms with Crippen molar-refractivity contribution < 1.29 is 23.4 Å². The van der Waals surface area contributed by atoms with Crippen LogP contribution in [0.1, 0.15) is 38.3 Å². The van der Waals surface area contributed by atoms with E-state index in [9.17, 15) is 4.79 Å². The second-order valence-corrected chi connectivity index (χ2v) is 7.52. The van der Waals surface area contributed by atoms with Gasteiger partial charge in [-0.05, 0) is 57.0 Å². The number of carbonyl (C=O) groups is 1. The quantitative estimate of drug-likeness (QED) is 0.432. The Balaban J connectivity index is 2.22. The Labute approximate surface area is 189 Å². The molecule has 32 heavy (non-hydrogen) atoms. The van der Waals surface area contributed by atoms with Gasteiger partial charge in [-0.2, -0.15) is 0 Å². The zero-order chi connectivity index (χ0) is 23.3. The third-order valence-electron chi connectivity index (χ3n) is 5.35. The number of methoxy groups -OCH3 is 2. The van der Waals surface area contributed by atoms with Crippen LogP contribution in [-0.2, 0) is 4.79 Å². The number of benzene rings is 2. The third-order valence-corrected chi connectivity index (χ3v) is 5.35. The summed E-state index contributed by atoms with van der Waals surface area (Å²) in [6.45, 7) is 8.99. The molecule has 0 aliphatic carbocycles. The molecule has 6 heteroatoms. The van der Waals surface area contributed by atoms with Gasteiger partial charge in [0.15, 0.2) is 0 Å². The molecule has 0 aliphatic rings. The van der Waals surface area contributed by atoms with Gasteiger partial charge in [-0.3, -0.25) is 4.79 Å². The lowest BCUT2D eigenvalue weighted by molar-refractivity contribution is -0.116. The maximum atomic E-state index is 12.3. The van der Waals surface area contributed by atoms with Gasteiger partial charge in [-0.25, -0.2) is 0 Å². The summed E-state index contributed by atoms with van der Waals surface area (Å²) in [5, 5.41) is 3.80. The van der Waals surface area contributed by atoms with Crippen molar-refractivity contribution in [3.63, 3.8) is 0 Å². The summed E-state index contributed by atoms with van der Waals surface area (Å²) in [7, 11) is 3.27. The van der Waals surface area contributed by atoms with Crippen LogP contribution in [0.3, 0.4) is 0 Å². The SMILES string of the molecule is CCCNC(=O)/C=C(\C)c1cc2c(-c3cc(OC)ccc3OC)coc2c(C)c1OCC. The van der Waals surface area contributed by atoms with Crippen LogP contribution in [0.15, 0.2) is 41.0 Å². The minimum atomic E-state index is -0.119. The van der Waals surface area contributed by atoms with E-state index in [4.69, 9.17) is 18.6 Å². The summed E-state index contributed by atoms with van der Waals surface area (Å²) in [5.41, 5.74) is 5.04. The fourth-order valence-electron chi connectivity index (χ4n) is 3.75. The highest BCUT2D eigenvalue weighted by atomic mass is 16.5.